The van der Waals surface area contributed by atoms with E-state index >= 15 is 0 Å². The number of aromatic nitrogens is 3. The maximum absolute atomic E-state index is 12.6. The number of rotatable bonds is 3. The Kier molecular flexibility index (Phi) is 3.73. The summed E-state index contributed by atoms with van der Waals surface area (Å²) in [6.45, 7) is 1.84. The summed E-state index contributed by atoms with van der Waals surface area (Å²) in [6.07, 6.45) is 4.60. The number of hydrogen-bond acceptors (Lipinski definition) is 3. The third kappa shape index (κ3) is 2.68. The summed E-state index contributed by atoms with van der Waals surface area (Å²) >= 11 is 0. The molecule has 0 radical (unpaired) electrons. The molecule has 0 aliphatic heterocycles. The lowest BCUT2D eigenvalue weighted by molar-refractivity contribution is 0.0728. The highest BCUT2D eigenvalue weighted by molar-refractivity contribution is 5.93. The topological polar surface area (TPSA) is 51.0 Å². The lowest BCUT2D eigenvalue weighted by Gasteiger charge is -2.23. The van der Waals surface area contributed by atoms with E-state index in [4.69, 9.17) is 0 Å². The van der Waals surface area contributed by atoms with E-state index in [9.17, 15) is 4.79 Å². The number of carbonyl (C=O) groups is 1. The van der Waals surface area contributed by atoms with Gasteiger partial charge in [-0.1, -0.05) is 31.0 Å². The van der Waals surface area contributed by atoms with Gasteiger partial charge in [-0.15, -0.1) is 5.10 Å². The van der Waals surface area contributed by atoms with Gasteiger partial charge in [0.05, 0.1) is 11.4 Å². The zero-order valence-electron chi connectivity index (χ0n) is 12.5. The van der Waals surface area contributed by atoms with E-state index < -0.39 is 0 Å². The molecular formula is C16H20N4O. The molecule has 0 N–H and O–H groups in total. The molecule has 0 saturated heterocycles. The van der Waals surface area contributed by atoms with Gasteiger partial charge >= 0.3 is 0 Å². The van der Waals surface area contributed by atoms with Crippen LogP contribution >= 0.6 is 0 Å². The Morgan fingerprint density at radius 2 is 1.86 bits per heavy atom. The van der Waals surface area contributed by atoms with Crippen molar-refractivity contribution in [3.63, 3.8) is 0 Å². The molecule has 1 aliphatic rings. The largest absolute Gasteiger partial charge is 0.337 e. The first-order chi connectivity index (χ1) is 10.2. The Bertz CT molecular complexity index is 629. The molecule has 1 aromatic carbocycles. The summed E-state index contributed by atoms with van der Waals surface area (Å²) in [5.74, 6) is -0.0263. The van der Waals surface area contributed by atoms with Crippen molar-refractivity contribution in [1.29, 1.82) is 0 Å². The smallest absolute Gasteiger partial charge is 0.276 e. The first-order valence-corrected chi connectivity index (χ1v) is 7.43. The molecule has 110 valence electrons. The predicted octanol–water partition coefficient (Wildman–Crippen LogP) is 2.59. The number of benzene rings is 1. The van der Waals surface area contributed by atoms with Crippen molar-refractivity contribution in [2.24, 2.45) is 0 Å². The minimum Gasteiger partial charge on any atom is -0.337 e. The summed E-state index contributed by atoms with van der Waals surface area (Å²) in [6, 6.07) is 10.0. The molecule has 21 heavy (non-hydrogen) atoms. The van der Waals surface area contributed by atoms with Gasteiger partial charge in [0.2, 0.25) is 0 Å². The standard InChI is InChI=1S/C16H20N4O/c1-12-15(16(21)19(2)13-8-6-7-9-13)18-20(17-12)14-10-4-3-5-11-14/h3-5,10-11,13H,6-9H2,1-2H3. The van der Waals surface area contributed by atoms with E-state index in [-0.39, 0.29) is 5.91 Å². The Morgan fingerprint density at radius 3 is 2.52 bits per heavy atom. The molecule has 1 saturated carbocycles. The summed E-state index contributed by atoms with van der Waals surface area (Å²) in [7, 11) is 1.87. The van der Waals surface area contributed by atoms with Crippen molar-refractivity contribution >= 4 is 5.91 Å². The summed E-state index contributed by atoms with van der Waals surface area (Å²) in [5, 5.41) is 8.76. The van der Waals surface area contributed by atoms with Crippen molar-refractivity contribution in [2.45, 2.75) is 38.6 Å². The van der Waals surface area contributed by atoms with Crippen LogP contribution in [0.5, 0.6) is 0 Å². The Balaban J connectivity index is 1.85. The normalized spacial score (nSPS) is 15.3. The Morgan fingerprint density at radius 1 is 1.19 bits per heavy atom. The van der Waals surface area contributed by atoms with E-state index in [0.29, 0.717) is 17.4 Å². The SMILES string of the molecule is Cc1nn(-c2ccccc2)nc1C(=O)N(C)C1CCCC1. The van der Waals surface area contributed by atoms with Crippen LogP contribution in [0.15, 0.2) is 30.3 Å². The van der Waals surface area contributed by atoms with Crippen LogP contribution in [0.1, 0.15) is 41.9 Å². The highest BCUT2D eigenvalue weighted by Gasteiger charge is 2.27. The second-order valence-electron chi connectivity index (χ2n) is 5.61. The zero-order chi connectivity index (χ0) is 14.8. The fraction of sp³-hybridized carbons (Fsp3) is 0.438. The van der Waals surface area contributed by atoms with Crippen LogP contribution in [0.3, 0.4) is 0 Å². The van der Waals surface area contributed by atoms with E-state index in [1.54, 1.807) is 0 Å². The lowest BCUT2D eigenvalue weighted by atomic mass is 10.2. The minimum absolute atomic E-state index is 0.0263. The van der Waals surface area contributed by atoms with Crippen molar-refractivity contribution < 1.29 is 4.79 Å². The highest BCUT2D eigenvalue weighted by Crippen LogP contribution is 2.23. The number of aryl methyl sites for hydroxylation is 1. The van der Waals surface area contributed by atoms with E-state index in [1.807, 2.05) is 49.2 Å². The van der Waals surface area contributed by atoms with Gasteiger partial charge in [-0.3, -0.25) is 4.79 Å². The number of amides is 1. The van der Waals surface area contributed by atoms with Crippen molar-refractivity contribution in [2.75, 3.05) is 7.05 Å². The van der Waals surface area contributed by atoms with Gasteiger partial charge in [0, 0.05) is 13.1 Å². The first-order valence-electron chi connectivity index (χ1n) is 7.43. The third-order valence-electron chi connectivity index (χ3n) is 4.16. The third-order valence-corrected chi connectivity index (χ3v) is 4.16. The highest BCUT2D eigenvalue weighted by atomic mass is 16.2. The van der Waals surface area contributed by atoms with Crippen LogP contribution in [0.25, 0.3) is 5.69 Å². The van der Waals surface area contributed by atoms with Gasteiger partial charge in [0.1, 0.15) is 0 Å². The molecule has 0 spiro atoms. The Hall–Kier alpha value is -2.17. The van der Waals surface area contributed by atoms with Crippen LogP contribution in [0.2, 0.25) is 0 Å². The molecule has 5 nitrogen and oxygen atoms in total. The molecule has 2 aromatic rings. The van der Waals surface area contributed by atoms with Crippen molar-refractivity contribution in [3.8, 4) is 5.69 Å². The molecule has 3 rings (SSSR count). The van der Waals surface area contributed by atoms with Crippen LogP contribution in [-0.4, -0.2) is 38.9 Å². The number of hydrogen-bond donors (Lipinski definition) is 0. The predicted molar refractivity (Wildman–Crippen MR) is 80.4 cm³/mol. The molecular weight excluding hydrogens is 264 g/mol. The number of para-hydroxylation sites is 1. The molecule has 0 bridgehead atoms. The average molecular weight is 284 g/mol. The Labute approximate surface area is 124 Å². The second kappa shape index (κ2) is 5.68. The molecule has 1 fully saturated rings. The van der Waals surface area contributed by atoms with Gasteiger partial charge in [-0.05, 0) is 31.9 Å². The second-order valence-corrected chi connectivity index (χ2v) is 5.61. The minimum atomic E-state index is -0.0263. The maximum atomic E-state index is 12.6. The fourth-order valence-corrected chi connectivity index (χ4v) is 2.88. The summed E-state index contributed by atoms with van der Waals surface area (Å²) in [5.41, 5.74) is 1.99. The first kappa shape index (κ1) is 13.8. The zero-order valence-corrected chi connectivity index (χ0v) is 12.5. The van der Waals surface area contributed by atoms with E-state index in [1.165, 1.54) is 17.6 Å². The number of nitrogens with zero attached hydrogens (tertiary/aromatic N) is 4. The quantitative estimate of drug-likeness (QED) is 0.870. The maximum Gasteiger partial charge on any atom is 0.276 e. The average Bonchev–Trinajstić information content (AvgIpc) is 3.16. The van der Waals surface area contributed by atoms with Crippen LogP contribution in [0.4, 0.5) is 0 Å². The van der Waals surface area contributed by atoms with Gasteiger partial charge in [-0.2, -0.15) is 9.90 Å². The molecule has 0 unspecified atom stereocenters. The molecule has 5 heteroatoms. The van der Waals surface area contributed by atoms with Crippen LogP contribution in [-0.2, 0) is 0 Å². The van der Waals surface area contributed by atoms with Crippen LogP contribution < -0.4 is 0 Å². The van der Waals surface area contributed by atoms with Gasteiger partial charge in [0.25, 0.3) is 5.91 Å². The van der Waals surface area contributed by atoms with E-state index in [0.717, 1.165) is 18.5 Å². The summed E-state index contributed by atoms with van der Waals surface area (Å²) < 4.78 is 0. The van der Waals surface area contributed by atoms with E-state index in [2.05, 4.69) is 10.2 Å². The monoisotopic (exact) mass is 284 g/mol. The molecule has 1 aromatic heterocycles. The summed E-state index contributed by atoms with van der Waals surface area (Å²) in [4.78, 5) is 16.0. The molecule has 1 amide bonds. The number of carbonyl (C=O) groups excluding carboxylic acids is 1. The van der Waals surface area contributed by atoms with Gasteiger partial charge in [-0.25, -0.2) is 0 Å². The fourth-order valence-electron chi connectivity index (χ4n) is 2.88. The molecule has 1 heterocycles. The van der Waals surface area contributed by atoms with Gasteiger partial charge < -0.3 is 4.90 Å². The molecule has 0 atom stereocenters. The van der Waals surface area contributed by atoms with Gasteiger partial charge in [0.15, 0.2) is 5.69 Å². The van der Waals surface area contributed by atoms with Crippen molar-refractivity contribution in [3.05, 3.63) is 41.7 Å². The lowest BCUT2D eigenvalue weighted by Crippen LogP contribution is -2.35. The van der Waals surface area contributed by atoms with Crippen molar-refractivity contribution in [1.82, 2.24) is 19.9 Å². The van der Waals surface area contributed by atoms with Crippen LogP contribution in [0, 0.1) is 6.92 Å². The molecule has 1 aliphatic carbocycles.